The third kappa shape index (κ3) is 2.74. The van der Waals surface area contributed by atoms with E-state index in [-0.39, 0.29) is 5.92 Å². The molecule has 1 heterocycles. The molecule has 2 nitrogen and oxygen atoms in total. The number of rotatable bonds is 3. The fraction of sp³-hybridized carbons (Fsp3) is 0.278. The molecule has 0 N–H and O–H groups in total. The Kier molecular flexibility index (Phi) is 3.82. The number of benzene rings is 2. The van der Waals surface area contributed by atoms with Gasteiger partial charge in [-0.25, -0.2) is 0 Å². The van der Waals surface area contributed by atoms with Crippen molar-refractivity contribution < 1.29 is 4.79 Å². The van der Waals surface area contributed by atoms with Crippen LogP contribution in [0, 0.1) is 12.0 Å². The van der Waals surface area contributed by atoms with E-state index in [1.165, 1.54) is 0 Å². The summed E-state index contributed by atoms with van der Waals surface area (Å²) in [6.07, 6.45) is 1.85. The molecule has 1 radical (unpaired) electrons. The van der Waals surface area contributed by atoms with Crippen LogP contribution in [0.2, 0.25) is 0 Å². The molecule has 0 spiro atoms. The molecular formula is C18H18NO. The standard InChI is InChI=1S/C18H18NO/c20-18(15-7-3-1-4-8-15)16-11-13-19(14-12-16)17-9-5-2-6-10-17/h1-9,16H,11-14H2. The molecule has 1 aliphatic heterocycles. The zero-order valence-electron chi connectivity index (χ0n) is 11.5. The Morgan fingerprint density at radius 3 is 2.35 bits per heavy atom. The quantitative estimate of drug-likeness (QED) is 0.790. The third-order valence-corrected chi connectivity index (χ3v) is 3.96. The number of hydrogen-bond acceptors (Lipinski definition) is 2. The van der Waals surface area contributed by atoms with Gasteiger partial charge in [-0.2, -0.15) is 0 Å². The molecular weight excluding hydrogens is 246 g/mol. The molecule has 0 aromatic heterocycles. The van der Waals surface area contributed by atoms with Crippen molar-refractivity contribution >= 4 is 11.5 Å². The summed E-state index contributed by atoms with van der Waals surface area (Å²) in [5.41, 5.74) is 1.98. The van der Waals surface area contributed by atoms with Crippen LogP contribution in [0.15, 0.2) is 54.6 Å². The first kappa shape index (κ1) is 12.9. The highest BCUT2D eigenvalue weighted by molar-refractivity contribution is 5.97. The molecule has 2 aromatic carbocycles. The summed E-state index contributed by atoms with van der Waals surface area (Å²) in [6, 6.07) is 20.9. The van der Waals surface area contributed by atoms with Gasteiger partial charge in [0.2, 0.25) is 0 Å². The van der Waals surface area contributed by atoms with Gasteiger partial charge in [0.05, 0.1) is 0 Å². The fourth-order valence-corrected chi connectivity index (χ4v) is 2.80. The van der Waals surface area contributed by atoms with E-state index in [1.807, 2.05) is 48.5 Å². The van der Waals surface area contributed by atoms with Crippen molar-refractivity contribution in [1.82, 2.24) is 0 Å². The highest BCUT2D eigenvalue weighted by atomic mass is 16.1. The van der Waals surface area contributed by atoms with Gasteiger partial charge in [0.1, 0.15) is 0 Å². The summed E-state index contributed by atoms with van der Waals surface area (Å²) in [4.78, 5) is 14.7. The normalized spacial score (nSPS) is 16.1. The Labute approximate surface area is 120 Å². The lowest BCUT2D eigenvalue weighted by atomic mass is 9.89. The Hall–Kier alpha value is -2.09. The number of anilines is 1. The van der Waals surface area contributed by atoms with Gasteiger partial charge in [-0.05, 0) is 18.9 Å². The largest absolute Gasteiger partial charge is 0.371 e. The summed E-state index contributed by atoms with van der Waals surface area (Å²) in [5.74, 6) is 0.458. The van der Waals surface area contributed by atoms with Crippen LogP contribution in [-0.2, 0) is 0 Å². The van der Waals surface area contributed by atoms with Crippen LogP contribution in [0.5, 0.6) is 0 Å². The number of Topliss-reactive ketones (excluding diaryl/α,β-unsaturated/α-hetero) is 1. The minimum absolute atomic E-state index is 0.164. The number of piperidine rings is 1. The van der Waals surface area contributed by atoms with Crippen molar-refractivity contribution in [3.8, 4) is 0 Å². The smallest absolute Gasteiger partial charge is 0.166 e. The van der Waals surface area contributed by atoms with Crippen LogP contribution in [0.3, 0.4) is 0 Å². The second-order valence-electron chi connectivity index (χ2n) is 5.24. The minimum atomic E-state index is 0.164. The van der Waals surface area contributed by atoms with E-state index < -0.39 is 0 Å². The number of para-hydroxylation sites is 1. The molecule has 101 valence electrons. The van der Waals surface area contributed by atoms with E-state index in [0.717, 1.165) is 37.2 Å². The van der Waals surface area contributed by atoms with Crippen molar-refractivity contribution in [1.29, 1.82) is 0 Å². The molecule has 2 aromatic rings. The zero-order chi connectivity index (χ0) is 13.8. The first-order valence-corrected chi connectivity index (χ1v) is 7.15. The molecule has 0 saturated carbocycles. The summed E-state index contributed by atoms with van der Waals surface area (Å²) >= 11 is 0. The maximum Gasteiger partial charge on any atom is 0.166 e. The number of hydrogen-bond donors (Lipinski definition) is 0. The molecule has 0 unspecified atom stereocenters. The molecule has 0 atom stereocenters. The van der Waals surface area contributed by atoms with Crippen molar-refractivity contribution in [2.45, 2.75) is 12.8 Å². The van der Waals surface area contributed by atoms with E-state index in [4.69, 9.17) is 0 Å². The maximum absolute atomic E-state index is 12.4. The molecule has 3 rings (SSSR count). The maximum atomic E-state index is 12.4. The second-order valence-corrected chi connectivity index (χ2v) is 5.24. The Balaban J connectivity index is 1.63. The molecule has 1 saturated heterocycles. The van der Waals surface area contributed by atoms with E-state index in [0.29, 0.717) is 5.78 Å². The summed E-state index contributed by atoms with van der Waals surface area (Å²) < 4.78 is 0. The topological polar surface area (TPSA) is 20.3 Å². The van der Waals surface area contributed by atoms with Gasteiger partial charge in [-0.15, -0.1) is 0 Å². The second kappa shape index (κ2) is 5.91. The van der Waals surface area contributed by atoms with Crippen LogP contribution in [0.4, 0.5) is 5.69 Å². The highest BCUT2D eigenvalue weighted by Gasteiger charge is 2.25. The lowest BCUT2D eigenvalue weighted by Crippen LogP contribution is -2.36. The van der Waals surface area contributed by atoms with Gasteiger partial charge < -0.3 is 4.90 Å². The lowest BCUT2D eigenvalue weighted by Gasteiger charge is -2.32. The Morgan fingerprint density at radius 1 is 1.00 bits per heavy atom. The molecule has 2 heteroatoms. The van der Waals surface area contributed by atoms with Gasteiger partial charge in [0, 0.05) is 36.3 Å². The summed E-state index contributed by atoms with van der Waals surface area (Å²) in [6.45, 7) is 1.87. The predicted octanol–water partition coefficient (Wildman–Crippen LogP) is 3.59. The predicted molar refractivity (Wildman–Crippen MR) is 81.0 cm³/mol. The summed E-state index contributed by atoms with van der Waals surface area (Å²) in [7, 11) is 0. The van der Waals surface area contributed by atoms with Crippen molar-refractivity contribution in [2.24, 2.45) is 5.92 Å². The van der Waals surface area contributed by atoms with E-state index in [2.05, 4.69) is 17.0 Å². The number of ketones is 1. The van der Waals surface area contributed by atoms with Crippen molar-refractivity contribution in [3.63, 3.8) is 0 Å². The molecule has 0 amide bonds. The number of nitrogens with zero attached hydrogens (tertiary/aromatic N) is 1. The SMILES string of the molecule is O=C(c1ccccc1)C1CCN(c2[c]cccc2)CC1. The van der Waals surface area contributed by atoms with Gasteiger partial charge in [-0.3, -0.25) is 4.79 Å². The van der Waals surface area contributed by atoms with Gasteiger partial charge in [-0.1, -0.05) is 48.5 Å². The Bertz CT molecular complexity index is 556. The molecule has 20 heavy (non-hydrogen) atoms. The van der Waals surface area contributed by atoms with Crippen molar-refractivity contribution in [2.75, 3.05) is 18.0 Å². The van der Waals surface area contributed by atoms with Crippen molar-refractivity contribution in [3.05, 3.63) is 66.2 Å². The minimum Gasteiger partial charge on any atom is -0.371 e. The molecule has 0 aliphatic carbocycles. The highest BCUT2D eigenvalue weighted by Crippen LogP contribution is 2.25. The average molecular weight is 264 g/mol. The molecule has 1 fully saturated rings. The first-order chi connectivity index (χ1) is 9.84. The monoisotopic (exact) mass is 264 g/mol. The van der Waals surface area contributed by atoms with E-state index in [9.17, 15) is 4.79 Å². The van der Waals surface area contributed by atoms with Crippen LogP contribution in [-0.4, -0.2) is 18.9 Å². The van der Waals surface area contributed by atoms with Gasteiger partial charge >= 0.3 is 0 Å². The van der Waals surface area contributed by atoms with Gasteiger partial charge in [0.15, 0.2) is 5.78 Å². The van der Waals surface area contributed by atoms with E-state index in [1.54, 1.807) is 0 Å². The summed E-state index contributed by atoms with van der Waals surface area (Å²) in [5, 5.41) is 0. The van der Waals surface area contributed by atoms with Crippen LogP contribution < -0.4 is 4.90 Å². The number of carbonyl (C=O) groups excluding carboxylic acids is 1. The van der Waals surface area contributed by atoms with Crippen LogP contribution >= 0.6 is 0 Å². The van der Waals surface area contributed by atoms with Crippen LogP contribution in [0.1, 0.15) is 23.2 Å². The fourth-order valence-electron chi connectivity index (χ4n) is 2.80. The van der Waals surface area contributed by atoms with E-state index >= 15 is 0 Å². The molecule has 1 aliphatic rings. The van der Waals surface area contributed by atoms with Crippen LogP contribution in [0.25, 0.3) is 0 Å². The lowest BCUT2D eigenvalue weighted by molar-refractivity contribution is 0.0900. The van der Waals surface area contributed by atoms with Gasteiger partial charge in [0.25, 0.3) is 0 Å². The molecule has 0 bridgehead atoms. The average Bonchev–Trinajstić information content (AvgIpc) is 2.56. The zero-order valence-corrected chi connectivity index (χ0v) is 11.5. The number of carbonyl (C=O) groups is 1. The third-order valence-electron chi connectivity index (χ3n) is 3.96. The Morgan fingerprint density at radius 2 is 1.70 bits per heavy atom. The first-order valence-electron chi connectivity index (χ1n) is 7.15.